The van der Waals surface area contributed by atoms with Crippen molar-refractivity contribution in [3.05, 3.63) is 0 Å². The van der Waals surface area contributed by atoms with Gasteiger partial charge < -0.3 is 5.11 Å². The van der Waals surface area contributed by atoms with E-state index in [9.17, 15) is 5.11 Å². The molecule has 0 radical (unpaired) electrons. The maximum absolute atomic E-state index is 9.49. The Morgan fingerprint density at radius 3 is 2.75 bits per heavy atom. The molecule has 1 N–H and O–H groups in total. The summed E-state index contributed by atoms with van der Waals surface area (Å²) < 4.78 is 0. The number of aliphatic hydroxyl groups excluding tert-OH is 1. The van der Waals surface area contributed by atoms with Crippen molar-refractivity contribution in [3.63, 3.8) is 0 Å². The van der Waals surface area contributed by atoms with Crippen LogP contribution in [0.1, 0.15) is 32.6 Å². The average molecular weight is 169 g/mol. The zero-order valence-electron chi connectivity index (χ0n) is 7.87. The molecule has 1 saturated carbocycles. The first-order chi connectivity index (χ1) is 5.79. The summed E-state index contributed by atoms with van der Waals surface area (Å²) in [7, 11) is 0. The predicted molar refractivity (Wildman–Crippen MR) is 49.0 cm³/mol. The molecule has 0 unspecified atom stereocenters. The lowest BCUT2D eigenvalue weighted by Gasteiger charge is -2.22. The van der Waals surface area contributed by atoms with Crippen LogP contribution < -0.4 is 0 Å². The fourth-order valence-electron chi connectivity index (χ4n) is 2.24. The molecule has 0 aromatic carbocycles. The first kappa shape index (κ1) is 8.52. The van der Waals surface area contributed by atoms with Crippen molar-refractivity contribution in [3.8, 4) is 0 Å². The van der Waals surface area contributed by atoms with Crippen molar-refractivity contribution < 1.29 is 5.11 Å². The molecule has 1 heterocycles. The largest absolute Gasteiger partial charge is 0.392 e. The topological polar surface area (TPSA) is 23.5 Å². The highest BCUT2D eigenvalue weighted by Gasteiger charge is 2.33. The highest BCUT2D eigenvalue weighted by atomic mass is 16.3. The minimum Gasteiger partial charge on any atom is -0.392 e. The summed E-state index contributed by atoms with van der Waals surface area (Å²) in [5, 5.41) is 9.49. The lowest BCUT2D eigenvalue weighted by atomic mass is 10.1. The molecule has 12 heavy (non-hydrogen) atoms. The van der Waals surface area contributed by atoms with Crippen LogP contribution in [0, 0.1) is 5.92 Å². The molecule has 0 amide bonds. The van der Waals surface area contributed by atoms with Gasteiger partial charge in [0.2, 0.25) is 0 Å². The third kappa shape index (κ3) is 1.80. The van der Waals surface area contributed by atoms with Crippen molar-refractivity contribution in [1.29, 1.82) is 0 Å². The minimum atomic E-state index is -0.0475. The molecule has 0 spiro atoms. The Morgan fingerprint density at radius 1 is 1.42 bits per heavy atom. The molecule has 2 fully saturated rings. The molecule has 2 nitrogen and oxygen atoms in total. The fourth-order valence-corrected chi connectivity index (χ4v) is 2.24. The van der Waals surface area contributed by atoms with Crippen LogP contribution in [0.2, 0.25) is 0 Å². The highest BCUT2D eigenvalue weighted by molar-refractivity contribution is 4.88. The van der Waals surface area contributed by atoms with E-state index < -0.39 is 0 Å². The van der Waals surface area contributed by atoms with Crippen LogP contribution in [0.4, 0.5) is 0 Å². The van der Waals surface area contributed by atoms with Crippen LogP contribution in [0.3, 0.4) is 0 Å². The molecule has 0 aromatic heterocycles. The molecule has 0 bridgehead atoms. The van der Waals surface area contributed by atoms with Gasteiger partial charge in [0.15, 0.2) is 0 Å². The molecular formula is C10H19NO. The van der Waals surface area contributed by atoms with Gasteiger partial charge in [-0.15, -0.1) is 0 Å². The summed E-state index contributed by atoms with van der Waals surface area (Å²) >= 11 is 0. The highest BCUT2D eigenvalue weighted by Crippen LogP contribution is 2.32. The van der Waals surface area contributed by atoms with E-state index in [1.165, 1.54) is 25.8 Å². The molecule has 2 rings (SSSR count). The average Bonchev–Trinajstić information content (AvgIpc) is 2.76. The van der Waals surface area contributed by atoms with Crippen LogP contribution in [-0.2, 0) is 0 Å². The van der Waals surface area contributed by atoms with E-state index >= 15 is 0 Å². The van der Waals surface area contributed by atoms with E-state index in [0.717, 1.165) is 18.9 Å². The van der Waals surface area contributed by atoms with Crippen molar-refractivity contribution in [2.45, 2.75) is 44.8 Å². The van der Waals surface area contributed by atoms with E-state index in [-0.39, 0.29) is 6.10 Å². The van der Waals surface area contributed by atoms with Crippen LogP contribution in [0.15, 0.2) is 0 Å². The second-order valence-electron chi connectivity index (χ2n) is 4.35. The Balaban J connectivity index is 1.84. The Morgan fingerprint density at radius 2 is 2.17 bits per heavy atom. The summed E-state index contributed by atoms with van der Waals surface area (Å²) in [4.78, 5) is 2.49. The number of likely N-dealkylation sites (tertiary alicyclic amines) is 1. The van der Waals surface area contributed by atoms with Crippen molar-refractivity contribution in [2.75, 3.05) is 13.1 Å². The number of hydrogen-bond donors (Lipinski definition) is 1. The summed E-state index contributed by atoms with van der Waals surface area (Å²) in [6.07, 6.45) is 4.99. The van der Waals surface area contributed by atoms with E-state index in [4.69, 9.17) is 0 Å². The lowest BCUT2D eigenvalue weighted by Crippen LogP contribution is -2.31. The van der Waals surface area contributed by atoms with E-state index in [1.54, 1.807) is 0 Å². The van der Waals surface area contributed by atoms with Gasteiger partial charge in [-0.3, -0.25) is 4.90 Å². The van der Waals surface area contributed by atoms with Gasteiger partial charge in [0, 0.05) is 19.1 Å². The van der Waals surface area contributed by atoms with Gasteiger partial charge in [0.25, 0.3) is 0 Å². The van der Waals surface area contributed by atoms with Gasteiger partial charge in [-0.2, -0.15) is 0 Å². The molecule has 70 valence electrons. The van der Waals surface area contributed by atoms with Gasteiger partial charge in [0.1, 0.15) is 0 Å². The van der Waals surface area contributed by atoms with E-state index in [1.807, 2.05) is 0 Å². The lowest BCUT2D eigenvalue weighted by molar-refractivity contribution is 0.172. The first-order valence-corrected chi connectivity index (χ1v) is 5.21. The standard InChI is InChI=1S/C10H19NO/c1-2-9-5-10(12)7-11(9)6-8-3-4-8/h8-10,12H,2-7H2,1H3/t9-,10+/m1/s1. The van der Waals surface area contributed by atoms with Gasteiger partial charge >= 0.3 is 0 Å². The SMILES string of the molecule is CC[C@@H]1C[C@H](O)CN1CC1CC1. The Bertz CT molecular complexity index is 156. The van der Waals surface area contributed by atoms with Gasteiger partial charge in [0.05, 0.1) is 6.10 Å². The summed E-state index contributed by atoms with van der Waals surface area (Å²) in [6, 6.07) is 0.667. The number of β-amino-alcohol motifs (C(OH)–C–C–N with tert-alkyl or cyclic N) is 1. The maximum atomic E-state index is 9.49. The Labute approximate surface area is 74.6 Å². The van der Waals surface area contributed by atoms with Gasteiger partial charge in [-0.05, 0) is 31.6 Å². The molecule has 2 atom stereocenters. The molecule has 1 saturated heterocycles. The molecular weight excluding hydrogens is 150 g/mol. The smallest absolute Gasteiger partial charge is 0.0682 e. The second kappa shape index (κ2) is 3.35. The van der Waals surface area contributed by atoms with Crippen molar-refractivity contribution in [2.24, 2.45) is 5.92 Å². The zero-order chi connectivity index (χ0) is 8.55. The second-order valence-corrected chi connectivity index (χ2v) is 4.35. The number of nitrogens with zero attached hydrogens (tertiary/aromatic N) is 1. The van der Waals surface area contributed by atoms with Crippen LogP contribution in [0.5, 0.6) is 0 Å². The van der Waals surface area contributed by atoms with Crippen molar-refractivity contribution in [1.82, 2.24) is 4.90 Å². The van der Waals surface area contributed by atoms with Crippen LogP contribution in [-0.4, -0.2) is 35.2 Å². The predicted octanol–water partition coefficient (Wildman–Crippen LogP) is 1.24. The number of rotatable bonds is 3. The van der Waals surface area contributed by atoms with Gasteiger partial charge in [-0.25, -0.2) is 0 Å². The monoisotopic (exact) mass is 169 g/mol. The molecule has 1 aliphatic carbocycles. The number of hydrogen-bond acceptors (Lipinski definition) is 2. The first-order valence-electron chi connectivity index (χ1n) is 5.21. The normalized spacial score (nSPS) is 37.5. The Hall–Kier alpha value is -0.0800. The molecule has 2 aliphatic rings. The fraction of sp³-hybridized carbons (Fsp3) is 1.00. The third-order valence-corrected chi connectivity index (χ3v) is 3.17. The maximum Gasteiger partial charge on any atom is 0.0682 e. The van der Waals surface area contributed by atoms with E-state index in [0.29, 0.717) is 6.04 Å². The quantitative estimate of drug-likeness (QED) is 0.687. The minimum absolute atomic E-state index is 0.0475. The molecule has 2 heteroatoms. The molecule has 1 aliphatic heterocycles. The van der Waals surface area contributed by atoms with Crippen molar-refractivity contribution >= 4 is 0 Å². The van der Waals surface area contributed by atoms with E-state index in [2.05, 4.69) is 11.8 Å². The third-order valence-electron chi connectivity index (χ3n) is 3.17. The summed E-state index contributed by atoms with van der Waals surface area (Å²) in [5.74, 6) is 0.962. The van der Waals surface area contributed by atoms with Gasteiger partial charge in [-0.1, -0.05) is 6.92 Å². The van der Waals surface area contributed by atoms with Crippen LogP contribution in [0.25, 0.3) is 0 Å². The number of aliphatic hydroxyl groups is 1. The molecule has 0 aromatic rings. The zero-order valence-corrected chi connectivity index (χ0v) is 7.87. The van der Waals surface area contributed by atoms with Crippen LogP contribution >= 0.6 is 0 Å². The summed E-state index contributed by atoms with van der Waals surface area (Å²) in [6.45, 7) is 4.40. The summed E-state index contributed by atoms with van der Waals surface area (Å²) in [5.41, 5.74) is 0. The Kier molecular flexibility index (Phi) is 2.37.